The maximum atomic E-state index is 11.5. The predicted octanol–water partition coefficient (Wildman–Crippen LogP) is 3.10. The Hall–Kier alpha value is -2.61. The standard InChI is InChI=1S/C23H32N4O3S/c1-24-23(26-15-12-18-8-10-21(11-9-18)31(2,28)29)27-17-19-13-14-25-22(16-19)30-20-6-4-3-5-7-20/h8-11,13-14,16,20H,3-7,12,15,17H2,1-2H3,(H2,24,26,27). The monoisotopic (exact) mass is 444 g/mol. The minimum Gasteiger partial charge on any atom is -0.474 e. The van der Waals surface area contributed by atoms with Gasteiger partial charge in [0.05, 0.1) is 4.90 Å². The molecule has 1 aliphatic carbocycles. The van der Waals surface area contributed by atoms with Gasteiger partial charge >= 0.3 is 0 Å². The Morgan fingerprint density at radius 3 is 2.52 bits per heavy atom. The van der Waals surface area contributed by atoms with Crippen LogP contribution in [-0.4, -0.2) is 45.3 Å². The van der Waals surface area contributed by atoms with E-state index in [0.29, 0.717) is 29.8 Å². The highest BCUT2D eigenvalue weighted by molar-refractivity contribution is 7.90. The fraction of sp³-hybridized carbons (Fsp3) is 0.478. The molecule has 31 heavy (non-hydrogen) atoms. The van der Waals surface area contributed by atoms with Crippen LogP contribution in [0, 0.1) is 0 Å². The molecule has 0 aliphatic heterocycles. The number of guanidine groups is 1. The van der Waals surface area contributed by atoms with E-state index in [2.05, 4.69) is 20.6 Å². The van der Waals surface area contributed by atoms with Gasteiger partial charge in [0.25, 0.3) is 0 Å². The van der Waals surface area contributed by atoms with Gasteiger partial charge in [-0.15, -0.1) is 0 Å². The molecule has 1 heterocycles. The van der Waals surface area contributed by atoms with E-state index in [1.807, 2.05) is 24.3 Å². The minimum absolute atomic E-state index is 0.283. The lowest BCUT2D eigenvalue weighted by molar-refractivity contribution is 0.148. The number of hydrogen-bond donors (Lipinski definition) is 2. The van der Waals surface area contributed by atoms with Gasteiger partial charge in [0.15, 0.2) is 15.8 Å². The van der Waals surface area contributed by atoms with Crippen LogP contribution in [-0.2, 0) is 22.8 Å². The average molecular weight is 445 g/mol. The van der Waals surface area contributed by atoms with Gasteiger partial charge in [-0.2, -0.15) is 0 Å². The summed E-state index contributed by atoms with van der Waals surface area (Å²) < 4.78 is 29.1. The smallest absolute Gasteiger partial charge is 0.213 e. The summed E-state index contributed by atoms with van der Waals surface area (Å²) >= 11 is 0. The normalized spacial score (nSPS) is 15.5. The fourth-order valence-electron chi connectivity index (χ4n) is 3.61. The van der Waals surface area contributed by atoms with Gasteiger partial charge in [0.1, 0.15) is 6.10 Å². The third-order valence-electron chi connectivity index (χ3n) is 5.38. The van der Waals surface area contributed by atoms with Crippen LogP contribution >= 0.6 is 0 Å². The van der Waals surface area contributed by atoms with Gasteiger partial charge in [0, 0.05) is 38.7 Å². The van der Waals surface area contributed by atoms with Gasteiger partial charge in [-0.25, -0.2) is 13.4 Å². The van der Waals surface area contributed by atoms with Gasteiger partial charge in [0.2, 0.25) is 5.88 Å². The van der Waals surface area contributed by atoms with Gasteiger partial charge in [-0.05, 0) is 61.4 Å². The topological polar surface area (TPSA) is 92.7 Å². The van der Waals surface area contributed by atoms with Crippen molar-refractivity contribution in [3.8, 4) is 5.88 Å². The summed E-state index contributed by atoms with van der Waals surface area (Å²) in [5, 5.41) is 6.60. The highest BCUT2D eigenvalue weighted by Gasteiger charge is 2.15. The van der Waals surface area contributed by atoms with E-state index < -0.39 is 9.84 Å². The fourth-order valence-corrected chi connectivity index (χ4v) is 4.24. The molecule has 2 aromatic rings. The highest BCUT2D eigenvalue weighted by Crippen LogP contribution is 2.22. The second-order valence-electron chi connectivity index (χ2n) is 7.90. The molecule has 7 nitrogen and oxygen atoms in total. The summed E-state index contributed by atoms with van der Waals surface area (Å²) in [6.07, 6.45) is 10.0. The minimum atomic E-state index is -3.16. The lowest BCUT2D eigenvalue weighted by Gasteiger charge is -2.22. The molecule has 3 rings (SSSR count). The Balaban J connectivity index is 1.44. The maximum absolute atomic E-state index is 11.5. The van der Waals surface area contributed by atoms with Crippen molar-refractivity contribution in [3.63, 3.8) is 0 Å². The first-order valence-electron chi connectivity index (χ1n) is 10.8. The summed E-state index contributed by atoms with van der Waals surface area (Å²) in [6.45, 7) is 1.30. The van der Waals surface area contributed by atoms with E-state index >= 15 is 0 Å². The Labute approximate surface area is 185 Å². The molecule has 1 aromatic heterocycles. The Morgan fingerprint density at radius 2 is 1.84 bits per heavy atom. The van der Waals surface area contributed by atoms with Crippen LogP contribution in [0.5, 0.6) is 5.88 Å². The molecular formula is C23H32N4O3S. The number of aromatic nitrogens is 1. The van der Waals surface area contributed by atoms with Crippen LogP contribution in [0.4, 0.5) is 0 Å². The SMILES string of the molecule is CN=C(NCCc1ccc(S(C)(=O)=O)cc1)NCc1ccnc(OC2CCCCC2)c1. The molecule has 1 aliphatic rings. The van der Waals surface area contributed by atoms with Crippen LogP contribution in [0.2, 0.25) is 0 Å². The van der Waals surface area contributed by atoms with Crippen LogP contribution in [0.15, 0.2) is 52.5 Å². The van der Waals surface area contributed by atoms with E-state index in [0.717, 1.165) is 30.4 Å². The molecule has 2 N–H and O–H groups in total. The molecule has 1 saturated carbocycles. The summed E-state index contributed by atoms with van der Waals surface area (Å²) in [6, 6.07) is 10.9. The molecule has 0 radical (unpaired) electrons. The zero-order chi connectivity index (χ0) is 22.1. The largest absolute Gasteiger partial charge is 0.474 e. The van der Waals surface area contributed by atoms with Gasteiger partial charge in [-0.3, -0.25) is 4.99 Å². The molecular weight excluding hydrogens is 412 g/mol. The third-order valence-corrected chi connectivity index (χ3v) is 6.51. The number of rotatable bonds is 8. The average Bonchev–Trinajstić information content (AvgIpc) is 2.77. The van der Waals surface area contributed by atoms with Crippen molar-refractivity contribution in [2.75, 3.05) is 19.8 Å². The number of hydrogen-bond acceptors (Lipinski definition) is 5. The number of aliphatic imine (C=N–C) groups is 1. The lowest BCUT2D eigenvalue weighted by Crippen LogP contribution is -2.37. The highest BCUT2D eigenvalue weighted by atomic mass is 32.2. The van der Waals surface area contributed by atoms with Crippen LogP contribution in [0.25, 0.3) is 0 Å². The predicted molar refractivity (Wildman–Crippen MR) is 123 cm³/mol. The zero-order valence-corrected chi connectivity index (χ0v) is 19.1. The Morgan fingerprint density at radius 1 is 1.10 bits per heavy atom. The van der Waals surface area contributed by atoms with Crippen molar-refractivity contribution in [3.05, 3.63) is 53.7 Å². The molecule has 168 valence electrons. The molecule has 0 bridgehead atoms. The maximum Gasteiger partial charge on any atom is 0.213 e. The van der Waals surface area contributed by atoms with Crippen molar-refractivity contribution >= 4 is 15.8 Å². The zero-order valence-electron chi connectivity index (χ0n) is 18.3. The number of sulfone groups is 1. The molecule has 0 spiro atoms. The van der Waals surface area contributed by atoms with Crippen molar-refractivity contribution in [1.82, 2.24) is 15.6 Å². The van der Waals surface area contributed by atoms with Crippen LogP contribution in [0.3, 0.4) is 0 Å². The second-order valence-corrected chi connectivity index (χ2v) is 9.91. The summed E-state index contributed by atoms with van der Waals surface area (Å²) in [4.78, 5) is 8.96. The van der Waals surface area contributed by atoms with Gasteiger partial charge < -0.3 is 15.4 Å². The Bertz CT molecular complexity index is 969. The van der Waals surface area contributed by atoms with E-state index in [1.165, 1.54) is 25.5 Å². The molecule has 0 unspecified atom stereocenters. The van der Waals surface area contributed by atoms with Crippen molar-refractivity contribution in [2.45, 2.75) is 56.1 Å². The van der Waals surface area contributed by atoms with Crippen molar-refractivity contribution in [1.29, 1.82) is 0 Å². The summed E-state index contributed by atoms with van der Waals surface area (Å²) in [7, 11) is -1.42. The van der Waals surface area contributed by atoms with E-state index in [-0.39, 0.29) is 6.10 Å². The molecule has 1 aromatic carbocycles. The van der Waals surface area contributed by atoms with E-state index in [9.17, 15) is 8.42 Å². The molecule has 0 saturated heterocycles. The lowest BCUT2D eigenvalue weighted by atomic mass is 9.98. The molecule has 1 fully saturated rings. The van der Waals surface area contributed by atoms with Crippen LogP contribution in [0.1, 0.15) is 43.2 Å². The van der Waals surface area contributed by atoms with E-state index in [4.69, 9.17) is 4.74 Å². The number of ether oxygens (including phenoxy) is 1. The van der Waals surface area contributed by atoms with Gasteiger partial charge in [-0.1, -0.05) is 18.6 Å². The molecule has 0 atom stereocenters. The summed E-state index contributed by atoms with van der Waals surface area (Å²) in [5.74, 6) is 1.39. The molecule has 8 heteroatoms. The summed E-state index contributed by atoms with van der Waals surface area (Å²) in [5.41, 5.74) is 2.15. The number of nitrogens with zero attached hydrogens (tertiary/aromatic N) is 2. The first-order chi connectivity index (χ1) is 14.9. The number of benzene rings is 1. The second kappa shape index (κ2) is 11.1. The quantitative estimate of drug-likeness (QED) is 0.480. The third kappa shape index (κ3) is 7.54. The van der Waals surface area contributed by atoms with Crippen LogP contribution < -0.4 is 15.4 Å². The van der Waals surface area contributed by atoms with Crippen molar-refractivity contribution < 1.29 is 13.2 Å². The molecule has 0 amide bonds. The number of nitrogens with one attached hydrogen (secondary N) is 2. The Kier molecular flexibility index (Phi) is 8.28. The first kappa shape index (κ1) is 23.1. The number of pyridine rings is 1. The van der Waals surface area contributed by atoms with Crippen molar-refractivity contribution in [2.24, 2.45) is 4.99 Å². The van der Waals surface area contributed by atoms with E-state index in [1.54, 1.807) is 25.4 Å². The first-order valence-corrected chi connectivity index (χ1v) is 12.7.